The summed E-state index contributed by atoms with van der Waals surface area (Å²) in [5.74, 6) is -2.61. The number of carbonyl (C=O) groups excluding carboxylic acids is 4. The second-order valence-electron chi connectivity index (χ2n) is 8.36. The van der Waals surface area contributed by atoms with Crippen LogP contribution in [0.25, 0.3) is 0 Å². The van der Waals surface area contributed by atoms with E-state index < -0.39 is 59.6 Å². The first-order valence-corrected chi connectivity index (χ1v) is 9.48. The quantitative estimate of drug-likeness (QED) is 0.379. The standard InChI is InChI=1S/C20H26O8/c1-9(2)6-15(23)27-17-16-10(3)18(24)25-13(16)8-20(5)14(26-19(17)28-20)7-12(22)11(4)21/h9,13-14,16-17,19H,3,6-8H2,1-2,4-5H3/t13-,14+,16+,17+,19-,20+/m1/s1. The summed E-state index contributed by atoms with van der Waals surface area (Å²) in [6, 6.07) is 0. The molecule has 8 heteroatoms. The number of Topliss-reactive ketones (excluding diaryl/α,β-unsaturated/α-hetero) is 2. The van der Waals surface area contributed by atoms with Crippen LogP contribution in [0.5, 0.6) is 0 Å². The Balaban J connectivity index is 1.89. The molecular formula is C20H26O8. The van der Waals surface area contributed by atoms with E-state index in [1.54, 1.807) is 6.92 Å². The van der Waals surface area contributed by atoms with Gasteiger partial charge >= 0.3 is 11.9 Å². The van der Waals surface area contributed by atoms with Crippen molar-refractivity contribution in [2.45, 2.75) is 77.2 Å². The van der Waals surface area contributed by atoms with Crippen LogP contribution in [0.3, 0.4) is 0 Å². The molecule has 2 bridgehead atoms. The Morgan fingerprint density at radius 1 is 1.32 bits per heavy atom. The molecule has 0 aliphatic carbocycles. The van der Waals surface area contributed by atoms with Gasteiger partial charge < -0.3 is 18.9 Å². The van der Waals surface area contributed by atoms with E-state index in [-0.39, 0.29) is 30.8 Å². The first kappa shape index (κ1) is 20.7. The van der Waals surface area contributed by atoms with E-state index >= 15 is 0 Å². The van der Waals surface area contributed by atoms with Gasteiger partial charge in [0.2, 0.25) is 5.78 Å². The Kier molecular flexibility index (Phi) is 5.46. The summed E-state index contributed by atoms with van der Waals surface area (Å²) in [4.78, 5) is 47.8. The van der Waals surface area contributed by atoms with Gasteiger partial charge in [0.15, 0.2) is 18.2 Å². The van der Waals surface area contributed by atoms with E-state index in [0.717, 1.165) is 0 Å². The molecular weight excluding hydrogens is 368 g/mol. The smallest absolute Gasteiger partial charge is 0.334 e. The van der Waals surface area contributed by atoms with Crippen molar-refractivity contribution in [1.82, 2.24) is 0 Å². The zero-order chi connectivity index (χ0) is 20.8. The van der Waals surface area contributed by atoms with Gasteiger partial charge in [0.1, 0.15) is 6.10 Å². The molecule has 3 rings (SSSR count). The highest BCUT2D eigenvalue weighted by molar-refractivity contribution is 6.36. The molecule has 0 spiro atoms. The van der Waals surface area contributed by atoms with Gasteiger partial charge in [0.05, 0.1) is 17.6 Å². The van der Waals surface area contributed by atoms with E-state index in [4.69, 9.17) is 18.9 Å². The third-order valence-electron chi connectivity index (χ3n) is 5.52. The predicted octanol–water partition coefficient (Wildman–Crippen LogP) is 1.49. The van der Waals surface area contributed by atoms with Crippen molar-refractivity contribution < 1.29 is 38.1 Å². The van der Waals surface area contributed by atoms with Crippen LogP contribution in [0.2, 0.25) is 0 Å². The Hall–Kier alpha value is -2.06. The molecule has 3 heterocycles. The molecule has 0 aromatic heterocycles. The van der Waals surface area contributed by atoms with E-state index in [0.29, 0.717) is 0 Å². The van der Waals surface area contributed by atoms with Gasteiger partial charge in [-0.1, -0.05) is 20.4 Å². The highest BCUT2D eigenvalue weighted by Crippen LogP contribution is 2.48. The number of esters is 2. The number of carbonyl (C=O) groups is 4. The molecule has 0 radical (unpaired) electrons. The van der Waals surface area contributed by atoms with Gasteiger partial charge in [-0.3, -0.25) is 14.4 Å². The zero-order valence-corrected chi connectivity index (χ0v) is 16.6. The molecule has 0 amide bonds. The monoisotopic (exact) mass is 394 g/mol. The first-order valence-electron chi connectivity index (χ1n) is 9.48. The van der Waals surface area contributed by atoms with Crippen LogP contribution in [-0.2, 0) is 38.1 Å². The summed E-state index contributed by atoms with van der Waals surface area (Å²) in [5.41, 5.74) is -0.755. The number of rotatable bonds is 6. The third kappa shape index (κ3) is 3.75. The van der Waals surface area contributed by atoms with Crippen LogP contribution in [-0.4, -0.2) is 53.7 Å². The van der Waals surface area contributed by atoms with E-state index in [2.05, 4.69) is 6.58 Å². The highest BCUT2D eigenvalue weighted by atomic mass is 16.8. The number of ether oxygens (including phenoxy) is 4. The minimum absolute atomic E-state index is 0.0929. The maximum atomic E-state index is 12.3. The molecule has 0 saturated carbocycles. The maximum absolute atomic E-state index is 12.3. The molecule has 3 aliphatic heterocycles. The van der Waals surface area contributed by atoms with Crippen LogP contribution in [0.15, 0.2) is 12.2 Å². The van der Waals surface area contributed by atoms with Gasteiger partial charge in [0, 0.05) is 31.8 Å². The lowest BCUT2D eigenvalue weighted by molar-refractivity contribution is -0.188. The molecule has 0 unspecified atom stereocenters. The van der Waals surface area contributed by atoms with Gasteiger partial charge in [-0.25, -0.2) is 4.79 Å². The van der Waals surface area contributed by atoms with Crippen LogP contribution in [0.1, 0.15) is 47.0 Å². The largest absolute Gasteiger partial charge is 0.458 e. The fourth-order valence-corrected chi connectivity index (χ4v) is 4.03. The molecule has 3 saturated heterocycles. The average molecular weight is 394 g/mol. The predicted molar refractivity (Wildman–Crippen MR) is 94.9 cm³/mol. The van der Waals surface area contributed by atoms with E-state index in [1.165, 1.54) is 6.92 Å². The Morgan fingerprint density at radius 3 is 2.61 bits per heavy atom. The van der Waals surface area contributed by atoms with Gasteiger partial charge in [-0.2, -0.15) is 0 Å². The fraction of sp³-hybridized carbons (Fsp3) is 0.700. The summed E-state index contributed by atoms with van der Waals surface area (Å²) >= 11 is 0. The van der Waals surface area contributed by atoms with Crippen molar-refractivity contribution in [3.8, 4) is 0 Å². The molecule has 8 nitrogen and oxygen atoms in total. The van der Waals surface area contributed by atoms with Crippen LogP contribution in [0.4, 0.5) is 0 Å². The van der Waals surface area contributed by atoms with Crippen molar-refractivity contribution in [2.24, 2.45) is 11.8 Å². The average Bonchev–Trinajstić information content (AvgIpc) is 2.97. The van der Waals surface area contributed by atoms with Crippen molar-refractivity contribution >= 4 is 23.5 Å². The van der Waals surface area contributed by atoms with Crippen molar-refractivity contribution in [3.05, 3.63) is 12.2 Å². The lowest BCUT2D eigenvalue weighted by Crippen LogP contribution is -2.45. The number of fused-ring (bicyclic) bond motifs is 3. The van der Waals surface area contributed by atoms with E-state index in [9.17, 15) is 19.2 Å². The molecule has 0 aromatic rings. The third-order valence-corrected chi connectivity index (χ3v) is 5.52. The normalized spacial score (nSPS) is 36.7. The zero-order valence-electron chi connectivity index (χ0n) is 16.6. The lowest BCUT2D eigenvalue weighted by atomic mass is 9.82. The molecule has 0 aromatic carbocycles. The molecule has 154 valence electrons. The topological polar surface area (TPSA) is 105 Å². The van der Waals surface area contributed by atoms with E-state index in [1.807, 2.05) is 13.8 Å². The minimum Gasteiger partial charge on any atom is -0.458 e. The second kappa shape index (κ2) is 7.40. The Morgan fingerprint density at radius 2 is 2.00 bits per heavy atom. The number of ketones is 2. The van der Waals surface area contributed by atoms with Crippen molar-refractivity contribution in [1.29, 1.82) is 0 Å². The Bertz CT molecular complexity index is 726. The molecule has 3 aliphatic rings. The molecule has 6 atom stereocenters. The fourth-order valence-electron chi connectivity index (χ4n) is 4.03. The minimum atomic E-state index is -0.980. The lowest BCUT2D eigenvalue weighted by Gasteiger charge is -2.32. The van der Waals surface area contributed by atoms with Gasteiger partial charge in [0.25, 0.3) is 0 Å². The van der Waals surface area contributed by atoms with Gasteiger partial charge in [-0.05, 0) is 12.8 Å². The number of hydrogen-bond acceptors (Lipinski definition) is 8. The van der Waals surface area contributed by atoms with Crippen molar-refractivity contribution in [3.63, 3.8) is 0 Å². The van der Waals surface area contributed by atoms with Crippen molar-refractivity contribution in [2.75, 3.05) is 0 Å². The van der Waals surface area contributed by atoms with Crippen LogP contribution < -0.4 is 0 Å². The number of hydrogen-bond donors (Lipinski definition) is 0. The molecule has 3 fully saturated rings. The molecule has 0 N–H and O–H groups in total. The second-order valence-corrected chi connectivity index (χ2v) is 8.36. The van der Waals surface area contributed by atoms with Gasteiger partial charge in [-0.15, -0.1) is 0 Å². The molecule has 28 heavy (non-hydrogen) atoms. The summed E-state index contributed by atoms with van der Waals surface area (Å²) in [6.07, 6.45) is -2.93. The maximum Gasteiger partial charge on any atom is 0.334 e. The highest BCUT2D eigenvalue weighted by Gasteiger charge is 2.61. The SMILES string of the molecule is C=C1C(=O)O[C@@H]2C[C@]3(C)O[C@@H](O[C@H]3CC(=O)C(C)=O)[C@@H](OC(=O)CC(C)C)[C@@H]12. The summed E-state index contributed by atoms with van der Waals surface area (Å²) in [6.45, 7) is 10.5. The summed E-state index contributed by atoms with van der Waals surface area (Å²) in [7, 11) is 0. The summed E-state index contributed by atoms with van der Waals surface area (Å²) < 4.78 is 23.1. The summed E-state index contributed by atoms with van der Waals surface area (Å²) in [5, 5.41) is 0. The van der Waals surface area contributed by atoms with Crippen LogP contribution >= 0.6 is 0 Å². The Labute approximate surface area is 163 Å². The first-order chi connectivity index (χ1) is 13.0. The van der Waals surface area contributed by atoms with Crippen LogP contribution in [0, 0.1) is 11.8 Å².